The monoisotopic (exact) mass is 217 g/mol. The molecule has 1 unspecified atom stereocenters. The molecule has 2 rings (SSSR count). The molecule has 0 bridgehead atoms. The van der Waals surface area contributed by atoms with Gasteiger partial charge < -0.3 is 5.32 Å². The number of rotatable bonds is 4. The summed E-state index contributed by atoms with van der Waals surface area (Å²) in [7, 11) is 0. The van der Waals surface area contributed by atoms with Crippen LogP contribution in [0.2, 0.25) is 0 Å². The van der Waals surface area contributed by atoms with Crippen LogP contribution in [0.5, 0.6) is 0 Å². The van der Waals surface area contributed by atoms with Gasteiger partial charge in [-0.2, -0.15) is 0 Å². The highest BCUT2D eigenvalue weighted by atomic mass is 14.9. The van der Waals surface area contributed by atoms with Gasteiger partial charge in [-0.25, -0.2) is 0 Å². The molecule has 0 radical (unpaired) electrons. The first-order valence-corrected chi connectivity index (χ1v) is 6.70. The maximum atomic E-state index is 3.57. The summed E-state index contributed by atoms with van der Waals surface area (Å²) in [5, 5.41) is 3.57. The first-order valence-electron chi connectivity index (χ1n) is 6.70. The van der Waals surface area contributed by atoms with E-state index in [4.69, 9.17) is 0 Å². The third-order valence-electron chi connectivity index (χ3n) is 3.61. The Morgan fingerprint density at radius 1 is 1.25 bits per heavy atom. The molecular formula is C15H23N. The van der Waals surface area contributed by atoms with Crippen LogP contribution in [0.15, 0.2) is 24.3 Å². The molecule has 0 saturated heterocycles. The van der Waals surface area contributed by atoms with Crippen LogP contribution in [-0.2, 0) is 6.42 Å². The quantitative estimate of drug-likeness (QED) is 0.761. The molecule has 0 aromatic heterocycles. The summed E-state index contributed by atoms with van der Waals surface area (Å²) in [4.78, 5) is 0. The van der Waals surface area contributed by atoms with Gasteiger partial charge in [-0.1, -0.05) is 50.5 Å². The standard InChI is InChI=1S/C15H23N/c1-2-3-4-8-14-12-16-11-10-13-7-5-6-9-15(13)14/h5-7,9,14,16H,2-4,8,10-12H2,1H3. The van der Waals surface area contributed by atoms with Crippen molar-refractivity contribution < 1.29 is 0 Å². The van der Waals surface area contributed by atoms with Crippen molar-refractivity contribution in [3.63, 3.8) is 0 Å². The van der Waals surface area contributed by atoms with Gasteiger partial charge in [-0.15, -0.1) is 0 Å². The molecule has 1 heterocycles. The minimum absolute atomic E-state index is 0.741. The lowest BCUT2D eigenvalue weighted by Crippen LogP contribution is -2.20. The highest BCUT2D eigenvalue weighted by molar-refractivity contribution is 5.32. The summed E-state index contributed by atoms with van der Waals surface area (Å²) in [5.41, 5.74) is 3.16. The fourth-order valence-electron chi connectivity index (χ4n) is 2.67. The van der Waals surface area contributed by atoms with Crippen LogP contribution >= 0.6 is 0 Å². The first-order chi connectivity index (χ1) is 7.92. The van der Waals surface area contributed by atoms with Gasteiger partial charge in [-0.3, -0.25) is 0 Å². The normalized spacial score (nSPS) is 20.2. The molecule has 1 atom stereocenters. The van der Waals surface area contributed by atoms with Crippen LogP contribution in [-0.4, -0.2) is 13.1 Å². The molecule has 0 aliphatic carbocycles. The molecule has 88 valence electrons. The Morgan fingerprint density at radius 2 is 2.12 bits per heavy atom. The van der Waals surface area contributed by atoms with E-state index in [9.17, 15) is 0 Å². The first kappa shape index (κ1) is 11.7. The van der Waals surface area contributed by atoms with Crippen LogP contribution < -0.4 is 5.32 Å². The molecule has 1 nitrogen and oxygen atoms in total. The van der Waals surface area contributed by atoms with Gasteiger partial charge in [-0.05, 0) is 36.4 Å². The van der Waals surface area contributed by atoms with Gasteiger partial charge >= 0.3 is 0 Å². The summed E-state index contributed by atoms with van der Waals surface area (Å²) < 4.78 is 0. The fourth-order valence-corrected chi connectivity index (χ4v) is 2.67. The minimum atomic E-state index is 0.741. The smallest absolute Gasteiger partial charge is 0.00203 e. The third kappa shape index (κ3) is 2.85. The molecule has 16 heavy (non-hydrogen) atoms. The predicted molar refractivity (Wildman–Crippen MR) is 69.9 cm³/mol. The SMILES string of the molecule is CCCCCC1CNCCc2ccccc21. The predicted octanol–water partition coefficient (Wildman–Crippen LogP) is 3.50. The lowest BCUT2D eigenvalue weighted by atomic mass is 9.90. The Hall–Kier alpha value is -0.820. The molecule has 1 heteroatoms. The maximum Gasteiger partial charge on any atom is 0.00203 e. The van der Waals surface area contributed by atoms with E-state index in [1.807, 2.05) is 0 Å². The van der Waals surface area contributed by atoms with Crippen molar-refractivity contribution in [3.05, 3.63) is 35.4 Å². The highest BCUT2D eigenvalue weighted by Gasteiger charge is 2.17. The molecule has 1 aliphatic rings. The van der Waals surface area contributed by atoms with Crippen LogP contribution in [0.25, 0.3) is 0 Å². The average molecular weight is 217 g/mol. The summed E-state index contributed by atoms with van der Waals surface area (Å²) >= 11 is 0. The number of hydrogen-bond donors (Lipinski definition) is 1. The lowest BCUT2D eigenvalue weighted by Gasteiger charge is -2.17. The van der Waals surface area contributed by atoms with E-state index in [1.54, 1.807) is 11.1 Å². The van der Waals surface area contributed by atoms with E-state index < -0.39 is 0 Å². The second-order valence-electron chi connectivity index (χ2n) is 4.85. The number of fused-ring (bicyclic) bond motifs is 1. The van der Waals surface area contributed by atoms with Gasteiger partial charge in [0.25, 0.3) is 0 Å². The van der Waals surface area contributed by atoms with Crippen molar-refractivity contribution in [1.82, 2.24) is 5.32 Å². The number of benzene rings is 1. The van der Waals surface area contributed by atoms with Crippen molar-refractivity contribution >= 4 is 0 Å². The van der Waals surface area contributed by atoms with Crippen molar-refractivity contribution in [3.8, 4) is 0 Å². The van der Waals surface area contributed by atoms with Gasteiger partial charge in [0.05, 0.1) is 0 Å². The second kappa shape index (κ2) is 6.05. The number of nitrogens with one attached hydrogen (secondary N) is 1. The van der Waals surface area contributed by atoms with Gasteiger partial charge in [0, 0.05) is 6.54 Å². The van der Waals surface area contributed by atoms with Crippen molar-refractivity contribution in [2.75, 3.05) is 13.1 Å². The van der Waals surface area contributed by atoms with E-state index >= 15 is 0 Å². The van der Waals surface area contributed by atoms with Crippen LogP contribution in [0.3, 0.4) is 0 Å². The fraction of sp³-hybridized carbons (Fsp3) is 0.600. The minimum Gasteiger partial charge on any atom is -0.316 e. The van der Waals surface area contributed by atoms with Crippen molar-refractivity contribution in [2.24, 2.45) is 0 Å². The summed E-state index contributed by atoms with van der Waals surface area (Å²) in [6.45, 7) is 4.58. The third-order valence-corrected chi connectivity index (χ3v) is 3.61. The van der Waals surface area contributed by atoms with Gasteiger partial charge in [0.1, 0.15) is 0 Å². The molecule has 1 aliphatic heterocycles. The zero-order valence-electron chi connectivity index (χ0n) is 10.3. The van der Waals surface area contributed by atoms with Crippen molar-refractivity contribution in [1.29, 1.82) is 0 Å². The maximum absolute atomic E-state index is 3.57. The Balaban J connectivity index is 2.06. The topological polar surface area (TPSA) is 12.0 Å². The lowest BCUT2D eigenvalue weighted by molar-refractivity contribution is 0.536. The van der Waals surface area contributed by atoms with E-state index in [0.29, 0.717) is 0 Å². The largest absolute Gasteiger partial charge is 0.316 e. The van der Waals surface area contributed by atoms with Gasteiger partial charge in [0.2, 0.25) is 0 Å². The zero-order valence-corrected chi connectivity index (χ0v) is 10.3. The molecule has 1 aromatic carbocycles. The van der Waals surface area contributed by atoms with E-state index in [1.165, 1.54) is 38.6 Å². The zero-order chi connectivity index (χ0) is 11.2. The number of hydrogen-bond acceptors (Lipinski definition) is 1. The summed E-state index contributed by atoms with van der Waals surface area (Å²) in [6, 6.07) is 9.00. The highest BCUT2D eigenvalue weighted by Crippen LogP contribution is 2.27. The van der Waals surface area contributed by atoms with Crippen LogP contribution in [0.1, 0.15) is 49.7 Å². The van der Waals surface area contributed by atoms with E-state index in [2.05, 4.69) is 36.5 Å². The molecule has 1 N–H and O–H groups in total. The van der Waals surface area contributed by atoms with E-state index in [-0.39, 0.29) is 0 Å². The molecular weight excluding hydrogens is 194 g/mol. The molecule has 0 spiro atoms. The van der Waals surface area contributed by atoms with Crippen LogP contribution in [0, 0.1) is 0 Å². The molecule has 0 amide bonds. The summed E-state index contributed by atoms with van der Waals surface area (Å²) in [6.07, 6.45) is 6.61. The molecule has 0 saturated carbocycles. The molecule has 0 fully saturated rings. The number of unbranched alkanes of at least 4 members (excludes halogenated alkanes) is 2. The summed E-state index contributed by atoms with van der Waals surface area (Å²) in [5.74, 6) is 0.741. The van der Waals surface area contributed by atoms with E-state index in [0.717, 1.165) is 12.5 Å². The Morgan fingerprint density at radius 3 is 3.00 bits per heavy atom. The van der Waals surface area contributed by atoms with Gasteiger partial charge in [0.15, 0.2) is 0 Å². The van der Waals surface area contributed by atoms with Crippen LogP contribution in [0.4, 0.5) is 0 Å². The average Bonchev–Trinajstić information content (AvgIpc) is 2.52. The Kier molecular flexibility index (Phi) is 4.41. The Labute approximate surface area is 99.3 Å². The van der Waals surface area contributed by atoms with Crippen molar-refractivity contribution in [2.45, 2.75) is 44.9 Å². The molecule has 1 aromatic rings. The Bertz CT molecular complexity index is 319. The second-order valence-corrected chi connectivity index (χ2v) is 4.85.